The molecule has 1 amide bonds. The van der Waals surface area contributed by atoms with Crippen LogP contribution in [0.25, 0.3) is 0 Å². The van der Waals surface area contributed by atoms with Crippen LogP contribution in [-0.2, 0) is 26.4 Å². The van der Waals surface area contributed by atoms with Crippen LogP contribution in [0.5, 0.6) is 0 Å². The van der Waals surface area contributed by atoms with Gasteiger partial charge in [-0.1, -0.05) is 30.3 Å². The average Bonchev–Trinajstić information content (AvgIpc) is 2.57. The van der Waals surface area contributed by atoms with E-state index in [0.717, 1.165) is 6.26 Å². The van der Waals surface area contributed by atoms with Gasteiger partial charge in [-0.25, -0.2) is 21.6 Å². The molecule has 2 N–H and O–H groups in total. The van der Waals surface area contributed by atoms with Crippen molar-refractivity contribution in [3.8, 4) is 0 Å². The number of rotatable bonds is 6. The fraction of sp³-hybridized carbons (Fsp3) is 0.316. The highest BCUT2D eigenvalue weighted by atomic mass is 32.2. The standard InChI is InChI=1S/C19H24N2O5S2/c1-19(2,3)21-28(25,26)16-11-7-5-9-14(16)13-20-18(22)15-10-6-8-12-17(15)27(4,23)24/h5-12,21H,13H2,1-4H3,(H,20,22). The summed E-state index contributed by atoms with van der Waals surface area (Å²) in [6.07, 6.45) is 1.03. The Hall–Kier alpha value is -2.23. The first-order chi connectivity index (χ1) is 12.8. The van der Waals surface area contributed by atoms with Crippen molar-refractivity contribution in [2.24, 2.45) is 0 Å². The van der Waals surface area contributed by atoms with Crippen molar-refractivity contribution in [2.75, 3.05) is 6.26 Å². The van der Waals surface area contributed by atoms with Crippen molar-refractivity contribution in [3.05, 3.63) is 59.7 Å². The van der Waals surface area contributed by atoms with Crippen LogP contribution in [0.15, 0.2) is 58.3 Å². The minimum atomic E-state index is -3.79. The lowest BCUT2D eigenvalue weighted by Gasteiger charge is -2.21. The number of hydrogen-bond acceptors (Lipinski definition) is 5. The lowest BCUT2D eigenvalue weighted by Crippen LogP contribution is -2.41. The van der Waals surface area contributed by atoms with E-state index in [9.17, 15) is 21.6 Å². The van der Waals surface area contributed by atoms with Crippen LogP contribution in [-0.4, -0.2) is 34.5 Å². The molecule has 0 atom stereocenters. The van der Waals surface area contributed by atoms with Gasteiger partial charge in [0.25, 0.3) is 5.91 Å². The molecule has 28 heavy (non-hydrogen) atoms. The lowest BCUT2D eigenvalue weighted by atomic mass is 10.1. The molecule has 0 fully saturated rings. The Morgan fingerprint density at radius 2 is 1.43 bits per heavy atom. The molecule has 2 aromatic carbocycles. The van der Waals surface area contributed by atoms with E-state index < -0.39 is 31.3 Å². The monoisotopic (exact) mass is 424 g/mol. The van der Waals surface area contributed by atoms with Crippen molar-refractivity contribution in [2.45, 2.75) is 42.6 Å². The topological polar surface area (TPSA) is 109 Å². The van der Waals surface area contributed by atoms with Crippen LogP contribution in [0.4, 0.5) is 0 Å². The summed E-state index contributed by atoms with van der Waals surface area (Å²) in [7, 11) is -7.37. The van der Waals surface area contributed by atoms with Gasteiger partial charge in [0.2, 0.25) is 10.0 Å². The van der Waals surface area contributed by atoms with Gasteiger partial charge in [-0.2, -0.15) is 0 Å². The van der Waals surface area contributed by atoms with E-state index in [2.05, 4.69) is 10.0 Å². The number of carbonyl (C=O) groups is 1. The van der Waals surface area contributed by atoms with Crippen LogP contribution in [0, 0.1) is 0 Å². The molecule has 0 spiro atoms. The molecule has 0 saturated carbocycles. The molecule has 2 rings (SSSR count). The smallest absolute Gasteiger partial charge is 0.252 e. The Labute approximate surface area is 166 Å². The summed E-state index contributed by atoms with van der Waals surface area (Å²) in [6.45, 7) is 5.13. The molecule has 0 bridgehead atoms. The third kappa shape index (κ3) is 5.63. The van der Waals surface area contributed by atoms with Crippen LogP contribution in [0.1, 0.15) is 36.7 Å². The normalized spacial score (nSPS) is 12.6. The fourth-order valence-electron chi connectivity index (χ4n) is 2.62. The SMILES string of the molecule is CC(C)(C)NS(=O)(=O)c1ccccc1CNC(=O)c1ccccc1S(C)(=O)=O. The highest BCUT2D eigenvalue weighted by Crippen LogP contribution is 2.19. The van der Waals surface area contributed by atoms with Crippen molar-refractivity contribution in [3.63, 3.8) is 0 Å². The summed E-state index contributed by atoms with van der Waals surface area (Å²) in [5, 5.41) is 2.61. The summed E-state index contributed by atoms with van der Waals surface area (Å²) in [5.74, 6) is -0.600. The molecule has 152 valence electrons. The third-order valence-corrected chi connectivity index (χ3v) is 6.69. The Morgan fingerprint density at radius 1 is 0.893 bits per heavy atom. The Balaban J connectivity index is 2.29. The van der Waals surface area contributed by atoms with Crippen LogP contribution in [0.3, 0.4) is 0 Å². The van der Waals surface area contributed by atoms with Crippen LogP contribution < -0.4 is 10.0 Å². The molecule has 0 saturated heterocycles. The molecule has 0 aromatic heterocycles. The second-order valence-electron chi connectivity index (χ2n) is 7.41. The van der Waals surface area contributed by atoms with Gasteiger partial charge in [0.15, 0.2) is 9.84 Å². The zero-order valence-electron chi connectivity index (χ0n) is 16.2. The molecule has 7 nitrogen and oxygen atoms in total. The zero-order chi connectivity index (χ0) is 21.2. The van der Waals surface area contributed by atoms with Crippen molar-refractivity contribution >= 4 is 25.8 Å². The molecule has 9 heteroatoms. The van der Waals surface area contributed by atoms with Gasteiger partial charge in [0, 0.05) is 18.3 Å². The third-order valence-electron chi connectivity index (χ3n) is 3.67. The number of carbonyl (C=O) groups excluding carboxylic acids is 1. The van der Waals surface area contributed by atoms with Crippen LogP contribution >= 0.6 is 0 Å². The number of nitrogens with one attached hydrogen (secondary N) is 2. The zero-order valence-corrected chi connectivity index (χ0v) is 17.8. The van der Waals surface area contributed by atoms with Crippen molar-refractivity contribution < 1.29 is 21.6 Å². The number of hydrogen-bond donors (Lipinski definition) is 2. The summed E-state index contributed by atoms with van der Waals surface area (Å²) in [6, 6.07) is 12.2. The number of amides is 1. The number of sulfone groups is 1. The first-order valence-corrected chi connectivity index (χ1v) is 11.9. The summed E-state index contributed by atoms with van der Waals surface area (Å²) in [5.41, 5.74) is -0.258. The van der Waals surface area contributed by atoms with Gasteiger partial charge in [-0.3, -0.25) is 4.79 Å². The maximum atomic E-state index is 12.7. The first-order valence-electron chi connectivity index (χ1n) is 8.50. The minimum Gasteiger partial charge on any atom is -0.348 e. The van der Waals surface area contributed by atoms with Gasteiger partial charge in [0.1, 0.15) is 0 Å². The highest BCUT2D eigenvalue weighted by molar-refractivity contribution is 7.90. The Kier molecular flexibility index (Phi) is 6.32. The lowest BCUT2D eigenvalue weighted by molar-refractivity contribution is 0.0947. The molecule has 2 aromatic rings. The van der Waals surface area contributed by atoms with Gasteiger partial charge >= 0.3 is 0 Å². The van der Waals surface area contributed by atoms with E-state index in [-0.39, 0.29) is 21.9 Å². The quantitative estimate of drug-likeness (QED) is 0.738. The fourth-order valence-corrected chi connectivity index (χ4v) is 5.16. The number of sulfonamides is 1. The van der Waals surface area contributed by atoms with E-state index in [0.29, 0.717) is 5.56 Å². The number of benzene rings is 2. The second-order valence-corrected chi connectivity index (χ2v) is 11.0. The Morgan fingerprint density at radius 3 is 2.00 bits per heavy atom. The predicted molar refractivity (Wildman–Crippen MR) is 107 cm³/mol. The molecular weight excluding hydrogens is 400 g/mol. The molecule has 0 unspecified atom stereocenters. The largest absolute Gasteiger partial charge is 0.348 e. The predicted octanol–water partition coefficient (Wildman–Crippen LogP) is 2.10. The summed E-state index contributed by atoms with van der Waals surface area (Å²) < 4.78 is 51.7. The van der Waals surface area contributed by atoms with Crippen molar-refractivity contribution in [1.29, 1.82) is 0 Å². The van der Waals surface area contributed by atoms with E-state index >= 15 is 0 Å². The maximum absolute atomic E-state index is 12.7. The van der Waals surface area contributed by atoms with E-state index in [1.165, 1.54) is 24.3 Å². The molecule has 0 heterocycles. The van der Waals surface area contributed by atoms with E-state index in [1.54, 1.807) is 45.0 Å². The average molecular weight is 425 g/mol. The van der Waals surface area contributed by atoms with Crippen LogP contribution in [0.2, 0.25) is 0 Å². The maximum Gasteiger partial charge on any atom is 0.252 e. The van der Waals surface area contributed by atoms with Gasteiger partial charge in [0.05, 0.1) is 15.4 Å². The van der Waals surface area contributed by atoms with E-state index in [4.69, 9.17) is 0 Å². The molecule has 0 aliphatic carbocycles. The van der Waals surface area contributed by atoms with Gasteiger partial charge in [-0.05, 0) is 44.5 Å². The molecular formula is C19H24N2O5S2. The van der Waals surface area contributed by atoms with E-state index in [1.807, 2.05) is 0 Å². The molecule has 0 aliphatic rings. The summed E-state index contributed by atoms with van der Waals surface area (Å²) >= 11 is 0. The minimum absolute atomic E-state index is 0.0122. The highest BCUT2D eigenvalue weighted by Gasteiger charge is 2.25. The first kappa shape index (κ1) is 22.1. The van der Waals surface area contributed by atoms with Gasteiger partial charge < -0.3 is 5.32 Å². The molecule has 0 aliphatic heterocycles. The summed E-state index contributed by atoms with van der Waals surface area (Å²) in [4.78, 5) is 12.5. The Bertz CT molecular complexity index is 1090. The van der Waals surface area contributed by atoms with Gasteiger partial charge in [-0.15, -0.1) is 0 Å². The van der Waals surface area contributed by atoms with Crippen molar-refractivity contribution in [1.82, 2.24) is 10.0 Å². The second kappa shape index (κ2) is 8.02. The molecule has 0 radical (unpaired) electrons.